The van der Waals surface area contributed by atoms with E-state index < -0.39 is 11.8 Å². The molecule has 7 heteroatoms. The molecule has 29 heavy (non-hydrogen) atoms. The van der Waals surface area contributed by atoms with Crippen LogP contribution in [0.4, 0.5) is 10.1 Å². The van der Waals surface area contributed by atoms with Crippen LogP contribution in [0.15, 0.2) is 70.5 Å². The molecule has 0 aliphatic carbocycles. The zero-order valence-corrected chi connectivity index (χ0v) is 16.9. The van der Waals surface area contributed by atoms with Gasteiger partial charge in [-0.15, -0.1) is 0 Å². The highest BCUT2D eigenvalue weighted by molar-refractivity contribution is 7.99. The van der Waals surface area contributed by atoms with Crippen molar-refractivity contribution in [1.82, 2.24) is 0 Å². The highest BCUT2D eigenvalue weighted by Crippen LogP contribution is 2.42. The van der Waals surface area contributed by atoms with Crippen molar-refractivity contribution in [1.29, 1.82) is 0 Å². The van der Waals surface area contributed by atoms with Crippen LogP contribution in [0.25, 0.3) is 0 Å². The van der Waals surface area contributed by atoms with Crippen LogP contribution in [0.2, 0.25) is 5.02 Å². The molecule has 0 N–H and O–H groups in total. The molecule has 3 aromatic rings. The van der Waals surface area contributed by atoms with Crippen LogP contribution in [0.3, 0.4) is 0 Å². The number of rotatable bonds is 3. The lowest BCUT2D eigenvalue weighted by atomic mass is 10.1. The number of benzene rings is 3. The molecular weight excluding hydrogens is 413 g/mol. The Balaban J connectivity index is 1.90. The van der Waals surface area contributed by atoms with E-state index in [0.717, 1.165) is 9.79 Å². The van der Waals surface area contributed by atoms with Gasteiger partial charge >= 0.3 is 5.97 Å². The number of carbonyl (C=O) groups excluding carboxylic acids is 2. The third kappa shape index (κ3) is 3.61. The Morgan fingerprint density at radius 3 is 2.66 bits per heavy atom. The second-order valence-electron chi connectivity index (χ2n) is 6.36. The van der Waals surface area contributed by atoms with Gasteiger partial charge in [0.25, 0.3) is 5.91 Å². The standard InChI is InChI=1S/C22H15ClFNO3S/c1-28-22(27)13-9-10-20-18(11-13)25(12-15-16(23)6-4-7-17(15)24)21(26)14-5-2-3-8-19(14)29-20/h2-11H,12H2,1H3. The summed E-state index contributed by atoms with van der Waals surface area (Å²) in [6, 6.07) is 16.6. The van der Waals surface area contributed by atoms with Gasteiger partial charge in [0.1, 0.15) is 5.82 Å². The first-order chi connectivity index (χ1) is 14.0. The summed E-state index contributed by atoms with van der Waals surface area (Å²) in [5.41, 5.74) is 1.51. The van der Waals surface area contributed by atoms with Crippen molar-refractivity contribution in [3.63, 3.8) is 0 Å². The van der Waals surface area contributed by atoms with E-state index in [1.54, 1.807) is 36.4 Å². The number of nitrogens with zero attached hydrogens (tertiary/aromatic N) is 1. The van der Waals surface area contributed by atoms with Crippen molar-refractivity contribution in [2.75, 3.05) is 12.0 Å². The fraction of sp³-hybridized carbons (Fsp3) is 0.0909. The summed E-state index contributed by atoms with van der Waals surface area (Å²) in [4.78, 5) is 28.5. The van der Waals surface area contributed by atoms with Gasteiger partial charge in [-0.3, -0.25) is 4.79 Å². The average molecular weight is 428 g/mol. The Labute approximate surface area is 176 Å². The minimum atomic E-state index is -0.518. The average Bonchev–Trinajstić information content (AvgIpc) is 2.84. The topological polar surface area (TPSA) is 46.6 Å². The molecule has 146 valence electrons. The third-order valence-electron chi connectivity index (χ3n) is 4.63. The van der Waals surface area contributed by atoms with Crippen LogP contribution in [0.1, 0.15) is 26.3 Å². The van der Waals surface area contributed by atoms with Crippen molar-refractivity contribution < 1.29 is 18.7 Å². The van der Waals surface area contributed by atoms with Crippen molar-refractivity contribution in [3.8, 4) is 0 Å². The second kappa shape index (κ2) is 7.89. The largest absolute Gasteiger partial charge is 0.465 e. The van der Waals surface area contributed by atoms with Gasteiger partial charge in [-0.05, 0) is 42.5 Å². The quantitative estimate of drug-likeness (QED) is 0.512. The normalized spacial score (nSPS) is 12.8. The lowest BCUT2D eigenvalue weighted by Crippen LogP contribution is -2.31. The molecule has 1 aliphatic heterocycles. The van der Waals surface area contributed by atoms with E-state index in [2.05, 4.69) is 0 Å². The number of ether oxygens (including phenoxy) is 1. The number of halogens is 2. The highest BCUT2D eigenvalue weighted by atomic mass is 35.5. The molecule has 3 aromatic carbocycles. The maximum absolute atomic E-state index is 14.5. The van der Waals surface area contributed by atoms with Crippen LogP contribution < -0.4 is 4.90 Å². The van der Waals surface area contributed by atoms with E-state index >= 15 is 0 Å². The second-order valence-corrected chi connectivity index (χ2v) is 7.85. The molecular formula is C22H15ClFNO3S. The highest BCUT2D eigenvalue weighted by Gasteiger charge is 2.29. The number of methoxy groups -OCH3 is 1. The number of fused-ring (bicyclic) bond motifs is 2. The van der Waals surface area contributed by atoms with Crippen LogP contribution in [0, 0.1) is 5.82 Å². The lowest BCUT2D eigenvalue weighted by molar-refractivity contribution is 0.0600. The summed E-state index contributed by atoms with van der Waals surface area (Å²) in [6.07, 6.45) is 0. The molecule has 0 spiro atoms. The van der Waals surface area contributed by atoms with Gasteiger partial charge in [-0.25, -0.2) is 9.18 Å². The first-order valence-electron chi connectivity index (χ1n) is 8.73. The van der Waals surface area contributed by atoms with Gasteiger partial charge < -0.3 is 9.64 Å². The maximum Gasteiger partial charge on any atom is 0.337 e. The van der Waals surface area contributed by atoms with Crippen LogP contribution >= 0.6 is 23.4 Å². The molecule has 0 saturated heterocycles. The molecule has 1 amide bonds. The smallest absolute Gasteiger partial charge is 0.337 e. The summed E-state index contributed by atoms with van der Waals surface area (Å²) < 4.78 is 19.3. The number of esters is 1. The Bertz CT molecular complexity index is 1110. The van der Waals surface area contributed by atoms with E-state index in [1.165, 1.54) is 35.9 Å². The molecule has 1 aliphatic rings. The minimum absolute atomic E-state index is 0.0726. The van der Waals surface area contributed by atoms with Gasteiger partial charge in [-0.1, -0.05) is 41.6 Å². The van der Waals surface area contributed by atoms with Crippen molar-refractivity contribution in [2.24, 2.45) is 0 Å². The fourth-order valence-corrected chi connectivity index (χ4v) is 4.44. The van der Waals surface area contributed by atoms with Crippen LogP contribution in [-0.2, 0) is 11.3 Å². The van der Waals surface area contributed by atoms with E-state index in [-0.39, 0.29) is 23.0 Å². The van der Waals surface area contributed by atoms with Gasteiger partial charge in [-0.2, -0.15) is 0 Å². The predicted octanol–water partition coefficient (Wildman–Crippen LogP) is 5.58. The predicted molar refractivity (Wildman–Crippen MR) is 110 cm³/mol. The lowest BCUT2D eigenvalue weighted by Gasteiger charge is -2.24. The first-order valence-corrected chi connectivity index (χ1v) is 9.93. The van der Waals surface area contributed by atoms with Crippen molar-refractivity contribution in [3.05, 3.63) is 88.2 Å². The zero-order chi connectivity index (χ0) is 20.5. The van der Waals surface area contributed by atoms with Gasteiger partial charge in [0.2, 0.25) is 0 Å². The molecule has 0 radical (unpaired) electrons. The number of hydrogen-bond donors (Lipinski definition) is 0. The van der Waals surface area contributed by atoms with E-state index in [1.807, 2.05) is 12.1 Å². The Morgan fingerprint density at radius 1 is 1.10 bits per heavy atom. The molecule has 4 nitrogen and oxygen atoms in total. The summed E-state index contributed by atoms with van der Waals surface area (Å²) in [5.74, 6) is -1.31. The van der Waals surface area contributed by atoms with E-state index in [9.17, 15) is 14.0 Å². The number of carbonyl (C=O) groups is 2. The molecule has 1 heterocycles. The monoisotopic (exact) mass is 427 g/mol. The van der Waals surface area contributed by atoms with Gasteiger partial charge in [0.05, 0.1) is 30.5 Å². The molecule has 4 rings (SSSR count). The first kappa shape index (κ1) is 19.5. The van der Waals surface area contributed by atoms with Crippen molar-refractivity contribution >= 4 is 40.9 Å². The van der Waals surface area contributed by atoms with E-state index in [0.29, 0.717) is 16.8 Å². The fourth-order valence-electron chi connectivity index (χ4n) is 3.16. The molecule has 0 bridgehead atoms. The molecule has 0 fully saturated rings. The van der Waals surface area contributed by atoms with Gasteiger partial charge in [0.15, 0.2) is 0 Å². The maximum atomic E-state index is 14.5. The molecule has 0 saturated carbocycles. The summed E-state index contributed by atoms with van der Waals surface area (Å²) in [6.45, 7) is -0.0726. The summed E-state index contributed by atoms with van der Waals surface area (Å²) in [7, 11) is 1.29. The Hall–Kier alpha value is -2.83. The van der Waals surface area contributed by atoms with Crippen LogP contribution in [0.5, 0.6) is 0 Å². The van der Waals surface area contributed by atoms with Crippen molar-refractivity contribution in [2.45, 2.75) is 16.3 Å². The molecule has 0 aromatic heterocycles. The summed E-state index contributed by atoms with van der Waals surface area (Å²) in [5, 5.41) is 0.230. The van der Waals surface area contributed by atoms with Gasteiger partial charge in [0, 0.05) is 20.4 Å². The Morgan fingerprint density at radius 2 is 1.90 bits per heavy atom. The summed E-state index contributed by atoms with van der Waals surface area (Å²) >= 11 is 7.63. The van der Waals surface area contributed by atoms with E-state index in [4.69, 9.17) is 16.3 Å². The molecule has 0 unspecified atom stereocenters. The minimum Gasteiger partial charge on any atom is -0.465 e. The number of hydrogen-bond acceptors (Lipinski definition) is 4. The SMILES string of the molecule is COC(=O)c1ccc2c(c1)N(Cc1c(F)cccc1Cl)C(=O)c1ccccc1S2. The Kier molecular flexibility index (Phi) is 5.30. The number of amides is 1. The third-order valence-corrected chi connectivity index (χ3v) is 6.13. The van der Waals surface area contributed by atoms with Crippen LogP contribution in [-0.4, -0.2) is 19.0 Å². The number of anilines is 1. The zero-order valence-electron chi connectivity index (χ0n) is 15.3. The molecule has 0 atom stereocenters.